The van der Waals surface area contributed by atoms with E-state index >= 15 is 0 Å². The average Bonchev–Trinajstić information content (AvgIpc) is 2.89. The first-order valence-corrected chi connectivity index (χ1v) is 12.7. The summed E-state index contributed by atoms with van der Waals surface area (Å²) < 4.78 is 42.0. The molecule has 0 aliphatic rings. The SMILES string of the molecule is CC.CC(C)(C)c1ccc(C[C@@H](C(=O)NCc2ccc(F)cc2F)n2c(=O)[nH]c3ccc(F)cc3c2=O)cc1.[HH].[HH]. The first-order chi connectivity index (χ1) is 18.4. The predicted molar refractivity (Wildman–Crippen MR) is 150 cm³/mol. The zero-order chi connectivity index (χ0) is 28.9. The highest BCUT2D eigenvalue weighted by Crippen LogP contribution is 2.23. The summed E-state index contributed by atoms with van der Waals surface area (Å²) in [5.41, 5.74) is 0.109. The van der Waals surface area contributed by atoms with Gasteiger partial charge in [-0.1, -0.05) is 65.0 Å². The number of nitrogens with one attached hydrogen (secondary N) is 2. The smallest absolute Gasteiger partial charge is 0.329 e. The second-order valence-electron chi connectivity index (χ2n) is 9.92. The maximum absolute atomic E-state index is 14.1. The number of H-pyrrole nitrogens is 1. The van der Waals surface area contributed by atoms with Crippen LogP contribution < -0.4 is 16.6 Å². The van der Waals surface area contributed by atoms with Gasteiger partial charge < -0.3 is 10.3 Å². The molecule has 1 heterocycles. The first-order valence-electron chi connectivity index (χ1n) is 12.7. The molecule has 1 amide bonds. The third-order valence-corrected chi connectivity index (χ3v) is 6.22. The highest BCUT2D eigenvalue weighted by Gasteiger charge is 2.26. The molecule has 9 heteroatoms. The minimum absolute atomic E-state index is 0. The number of aromatic nitrogens is 2. The standard InChI is InChI=1S/C28H26F3N3O3.C2H6.2H2/c1-28(2,3)18-7-4-16(5-8-18)12-24(25(35)32-15-17-6-9-20(30)14-22(17)31)34-26(36)21-13-19(29)10-11-23(21)33-27(34)37;1-2;;/h4-11,13-14,24H,12,15H2,1-3H3,(H,32,35)(H,33,37);1-2H3;2*1H/t24-;;;/m0.../s1. The van der Waals surface area contributed by atoms with Gasteiger partial charge in [0.05, 0.1) is 10.9 Å². The van der Waals surface area contributed by atoms with E-state index < -0.39 is 40.6 Å². The van der Waals surface area contributed by atoms with E-state index in [0.29, 0.717) is 11.6 Å². The highest BCUT2D eigenvalue weighted by atomic mass is 19.1. The van der Waals surface area contributed by atoms with Crippen LogP contribution in [0.1, 0.15) is 60.2 Å². The quantitative estimate of drug-likeness (QED) is 0.312. The summed E-state index contributed by atoms with van der Waals surface area (Å²) in [5.74, 6) is -3.00. The van der Waals surface area contributed by atoms with Crippen molar-refractivity contribution in [2.75, 3.05) is 0 Å². The second kappa shape index (κ2) is 12.1. The van der Waals surface area contributed by atoms with Gasteiger partial charge in [-0.05, 0) is 40.8 Å². The minimum atomic E-state index is -1.33. The Labute approximate surface area is 227 Å². The van der Waals surface area contributed by atoms with Crippen molar-refractivity contribution >= 4 is 16.8 Å². The molecule has 0 unspecified atom stereocenters. The molecule has 210 valence electrons. The van der Waals surface area contributed by atoms with Crippen LogP contribution >= 0.6 is 0 Å². The molecule has 4 rings (SSSR count). The lowest BCUT2D eigenvalue weighted by Gasteiger charge is -2.21. The van der Waals surface area contributed by atoms with Crippen LogP contribution in [0.2, 0.25) is 0 Å². The number of carbonyl (C=O) groups is 1. The fourth-order valence-corrected chi connectivity index (χ4v) is 4.11. The van der Waals surface area contributed by atoms with Crippen LogP contribution in [0.15, 0.2) is 70.3 Å². The third-order valence-electron chi connectivity index (χ3n) is 6.22. The van der Waals surface area contributed by atoms with Gasteiger partial charge in [-0.15, -0.1) is 0 Å². The Hall–Kier alpha value is -4.14. The van der Waals surface area contributed by atoms with E-state index in [9.17, 15) is 27.6 Å². The Morgan fingerprint density at radius 1 is 0.949 bits per heavy atom. The van der Waals surface area contributed by atoms with E-state index in [2.05, 4.69) is 31.1 Å². The number of nitrogens with zero attached hydrogens (tertiary/aromatic N) is 1. The van der Waals surface area contributed by atoms with Crippen molar-refractivity contribution < 1.29 is 20.8 Å². The molecule has 0 bridgehead atoms. The van der Waals surface area contributed by atoms with E-state index in [1.54, 1.807) is 12.1 Å². The topological polar surface area (TPSA) is 84.0 Å². The van der Waals surface area contributed by atoms with E-state index in [4.69, 9.17) is 0 Å². The summed E-state index contributed by atoms with van der Waals surface area (Å²) in [6, 6.07) is 12.4. The number of hydrogen-bond donors (Lipinski definition) is 2. The van der Waals surface area contributed by atoms with Crippen LogP contribution in [0.25, 0.3) is 10.9 Å². The zero-order valence-electron chi connectivity index (χ0n) is 22.6. The molecule has 0 saturated carbocycles. The summed E-state index contributed by atoms with van der Waals surface area (Å²) in [7, 11) is 0. The monoisotopic (exact) mass is 543 g/mol. The molecule has 39 heavy (non-hydrogen) atoms. The number of fused-ring (bicyclic) bond motifs is 1. The van der Waals surface area contributed by atoms with Gasteiger partial charge in [0, 0.05) is 27.4 Å². The number of amides is 1. The van der Waals surface area contributed by atoms with Crippen LogP contribution in [0.5, 0.6) is 0 Å². The van der Waals surface area contributed by atoms with Crippen molar-refractivity contribution in [3.63, 3.8) is 0 Å². The number of carbonyl (C=O) groups excluding carboxylic acids is 1. The molecule has 0 radical (unpaired) electrons. The molecule has 1 atom stereocenters. The zero-order valence-corrected chi connectivity index (χ0v) is 22.6. The van der Waals surface area contributed by atoms with Gasteiger partial charge >= 0.3 is 5.69 Å². The van der Waals surface area contributed by atoms with Crippen molar-refractivity contribution in [2.24, 2.45) is 0 Å². The molecule has 4 aromatic rings. The van der Waals surface area contributed by atoms with Gasteiger partial charge in [0.1, 0.15) is 23.5 Å². The van der Waals surface area contributed by atoms with E-state index in [1.807, 2.05) is 26.0 Å². The van der Waals surface area contributed by atoms with Gasteiger partial charge in [-0.25, -0.2) is 22.5 Å². The lowest BCUT2D eigenvalue weighted by Crippen LogP contribution is -2.45. The number of benzene rings is 3. The molecule has 3 aromatic carbocycles. The largest absolute Gasteiger partial charge is 0.350 e. The predicted octanol–water partition coefficient (Wildman–Crippen LogP) is 6.02. The van der Waals surface area contributed by atoms with Crippen molar-refractivity contribution in [3.05, 3.63) is 116 Å². The fourth-order valence-electron chi connectivity index (χ4n) is 4.11. The van der Waals surface area contributed by atoms with E-state index in [1.165, 1.54) is 12.1 Å². The van der Waals surface area contributed by atoms with E-state index in [-0.39, 0.29) is 37.7 Å². The summed E-state index contributed by atoms with van der Waals surface area (Å²) in [6.07, 6.45) is -0.0357. The molecule has 0 saturated heterocycles. The van der Waals surface area contributed by atoms with Crippen LogP contribution in [-0.4, -0.2) is 15.5 Å². The number of rotatable bonds is 6. The Balaban J connectivity index is 0.00000206. The molecule has 1 aromatic heterocycles. The maximum atomic E-state index is 14.1. The molecular weight excluding hydrogens is 507 g/mol. The van der Waals surface area contributed by atoms with Gasteiger partial charge in [0.15, 0.2) is 0 Å². The number of aromatic amines is 1. The highest BCUT2D eigenvalue weighted by molar-refractivity contribution is 5.82. The summed E-state index contributed by atoms with van der Waals surface area (Å²) in [6.45, 7) is 9.87. The van der Waals surface area contributed by atoms with Gasteiger partial charge in [0.2, 0.25) is 5.91 Å². The first kappa shape index (κ1) is 29.4. The lowest BCUT2D eigenvalue weighted by atomic mass is 9.86. The Morgan fingerprint density at radius 3 is 2.18 bits per heavy atom. The molecule has 2 N–H and O–H groups in total. The van der Waals surface area contributed by atoms with Gasteiger partial charge in [-0.2, -0.15) is 0 Å². The Morgan fingerprint density at radius 2 is 1.56 bits per heavy atom. The van der Waals surface area contributed by atoms with Crippen molar-refractivity contribution in [2.45, 2.75) is 59.0 Å². The summed E-state index contributed by atoms with van der Waals surface area (Å²) in [4.78, 5) is 42.1. The number of hydrogen-bond acceptors (Lipinski definition) is 3. The third kappa shape index (κ3) is 6.85. The normalized spacial score (nSPS) is 12.0. The second-order valence-corrected chi connectivity index (χ2v) is 9.92. The molecular formula is C30H36F3N3O3. The van der Waals surface area contributed by atoms with Crippen LogP contribution in [0.3, 0.4) is 0 Å². The van der Waals surface area contributed by atoms with Crippen LogP contribution in [0, 0.1) is 17.5 Å². The summed E-state index contributed by atoms with van der Waals surface area (Å²) in [5, 5.41) is 2.45. The van der Waals surface area contributed by atoms with Crippen molar-refractivity contribution in [1.82, 2.24) is 14.9 Å². The van der Waals surface area contributed by atoms with Gasteiger partial charge in [0.25, 0.3) is 5.56 Å². The van der Waals surface area contributed by atoms with Crippen molar-refractivity contribution in [3.8, 4) is 0 Å². The molecule has 0 aliphatic carbocycles. The Kier molecular flexibility index (Phi) is 9.16. The number of halogens is 3. The summed E-state index contributed by atoms with van der Waals surface area (Å²) >= 11 is 0. The van der Waals surface area contributed by atoms with Crippen LogP contribution in [0.4, 0.5) is 13.2 Å². The molecule has 0 fully saturated rings. The van der Waals surface area contributed by atoms with Crippen LogP contribution in [-0.2, 0) is 23.2 Å². The minimum Gasteiger partial charge on any atom is -0.350 e. The van der Waals surface area contributed by atoms with Gasteiger partial charge in [-0.3, -0.25) is 9.59 Å². The molecule has 0 aliphatic heterocycles. The maximum Gasteiger partial charge on any atom is 0.329 e. The molecule has 0 spiro atoms. The van der Waals surface area contributed by atoms with Crippen molar-refractivity contribution in [1.29, 1.82) is 0 Å². The Bertz CT molecular complexity index is 1600. The fraction of sp³-hybridized carbons (Fsp3) is 0.300. The lowest BCUT2D eigenvalue weighted by molar-refractivity contribution is -0.124. The molecule has 6 nitrogen and oxygen atoms in total. The van der Waals surface area contributed by atoms with E-state index in [0.717, 1.165) is 28.3 Å². The average molecular weight is 544 g/mol.